The van der Waals surface area contributed by atoms with E-state index in [1.165, 1.54) is 0 Å². The largest absolute Gasteiger partial charge is 0.352 e. The number of urea groups is 1. The predicted octanol–water partition coefficient (Wildman–Crippen LogP) is 2.32. The van der Waals surface area contributed by atoms with Gasteiger partial charge in [0.05, 0.1) is 0 Å². The number of hydrogen-bond acceptors (Lipinski definition) is 3. The maximum atomic E-state index is 13.0. The number of fused-ring (bicyclic) bond motifs is 2. The van der Waals surface area contributed by atoms with Gasteiger partial charge in [-0.05, 0) is 49.7 Å². The Hall–Kier alpha value is -2.37. The van der Waals surface area contributed by atoms with Crippen molar-refractivity contribution >= 4 is 17.8 Å². The van der Waals surface area contributed by atoms with Gasteiger partial charge in [0.15, 0.2) is 0 Å². The molecule has 6 nitrogen and oxygen atoms in total. The van der Waals surface area contributed by atoms with Crippen molar-refractivity contribution in [2.45, 2.75) is 58.0 Å². The summed E-state index contributed by atoms with van der Waals surface area (Å²) in [7, 11) is 0. The van der Waals surface area contributed by atoms with E-state index in [1.54, 1.807) is 0 Å². The molecule has 3 rings (SSSR count). The number of rotatable bonds is 6. The third-order valence-electron chi connectivity index (χ3n) is 5.31. The van der Waals surface area contributed by atoms with E-state index in [2.05, 4.69) is 24.5 Å². The Morgan fingerprint density at radius 1 is 1.23 bits per heavy atom. The van der Waals surface area contributed by atoms with Crippen LogP contribution in [0.3, 0.4) is 0 Å². The van der Waals surface area contributed by atoms with Crippen LogP contribution in [0.5, 0.6) is 0 Å². The van der Waals surface area contributed by atoms with Crippen LogP contribution in [0, 0.1) is 5.92 Å². The highest BCUT2D eigenvalue weighted by atomic mass is 16.2. The normalized spacial score (nSPS) is 22.7. The second-order valence-corrected chi connectivity index (χ2v) is 7.82. The van der Waals surface area contributed by atoms with E-state index >= 15 is 0 Å². The lowest BCUT2D eigenvalue weighted by Crippen LogP contribution is -2.45. The summed E-state index contributed by atoms with van der Waals surface area (Å²) in [5, 5.41) is 5.73. The van der Waals surface area contributed by atoms with Gasteiger partial charge in [0.2, 0.25) is 5.91 Å². The summed E-state index contributed by atoms with van der Waals surface area (Å²) in [6.45, 7) is 5.99. The Bertz CT molecular complexity index is 731. The summed E-state index contributed by atoms with van der Waals surface area (Å²) in [4.78, 5) is 38.8. The molecule has 2 aliphatic rings. The highest BCUT2D eigenvalue weighted by Gasteiger charge is 2.55. The summed E-state index contributed by atoms with van der Waals surface area (Å²) in [6, 6.07) is 7.20. The second-order valence-electron chi connectivity index (χ2n) is 7.82. The number of amides is 4. The molecule has 0 unspecified atom stereocenters. The number of hydrogen-bond donors (Lipinski definition) is 2. The van der Waals surface area contributed by atoms with E-state index in [0.717, 1.165) is 35.3 Å². The SMILES string of the molecule is CC(C)CC[C@H](C)NC(=O)CN1C(=O)N[C@]2(CCc3ccccc32)C1=O. The first-order chi connectivity index (χ1) is 12.3. The molecule has 0 radical (unpaired) electrons. The highest BCUT2D eigenvalue weighted by Crippen LogP contribution is 2.41. The minimum absolute atomic E-state index is 0.0202. The van der Waals surface area contributed by atoms with Gasteiger partial charge in [-0.1, -0.05) is 38.1 Å². The lowest BCUT2D eigenvalue weighted by molar-refractivity contribution is -0.135. The Morgan fingerprint density at radius 3 is 2.69 bits per heavy atom. The zero-order chi connectivity index (χ0) is 18.9. The first-order valence-electron chi connectivity index (χ1n) is 9.35. The van der Waals surface area contributed by atoms with Crippen LogP contribution in [0.2, 0.25) is 0 Å². The molecule has 1 fully saturated rings. The molecule has 4 amide bonds. The molecule has 1 aliphatic carbocycles. The van der Waals surface area contributed by atoms with Gasteiger partial charge in [0.25, 0.3) is 5.91 Å². The minimum Gasteiger partial charge on any atom is -0.352 e. The Kier molecular flexibility index (Phi) is 5.03. The van der Waals surface area contributed by atoms with Gasteiger partial charge in [-0.25, -0.2) is 4.79 Å². The van der Waals surface area contributed by atoms with Gasteiger partial charge in [0.1, 0.15) is 12.1 Å². The van der Waals surface area contributed by atoms with Crippen LogP contribution in [0.25, 0.3) is 0 Å². The van der Waals surface area contributed by atoms with Gasteiger partial charge < -0.3 is 10.6 Å². The zero-order valence-corrected chi connectivity index (χ0v) is 15.7. The molecule has 0 aromatic heterocycles. The molecule has 140 valence electrons. The molecular weight excluding hydrogens is 330 g/mol. The topological polar surface area (TPSA) is 78.5 Å². The van der Waals surface area contributed by atoms with E-state index in [0.29, 0.717) is 12.3 Å². The minimum atomic E-state index is -1.00. The first-order valence-corrected chi connectivity index (χ1v) is 9.35. The standard InChI is InChI=1S/C20H27N3O3/c1-13(2)8-9-14(3)21-17(24)12-23-18(25)20(22-19(23)26)11-10-15-6-4-5-7-16(15)20/h4-7,13-14H,8-12H2,1-3H3,(H,21,24)(H,22,26)/t14-,20-/m0/s1. The molecule has 0 bridgehead atoms. The second kappa shape index (κ2) is 7.09. The van der Waals surface area contributed by atoms with Crippen molar-refractivity contribution in [1.29, 1.82) is 0 Å². The molecule has 6 heteroatoms. The Labute approximate surface area is 154 Å². The molecule has 1 aliphatic heterocycles. The summed E-state index contributed by atoms with van der Waals surface area (Å²) < 4.78 is 0. The molecule has 0 saturated carbocycles. The number of imide groups is 1. The van der Waals surface area contributed by atoms with Crippen molar-refractivity contribution < 1.29 is 14.4 Å². The number of aryl methyl sites for hydroxylation is 1. The number of benzene rings is 1. The van der Waals surface area contributed by atoms with E-state index in [9.17, 15) is 14.4 Å². The number of carbonyl (C=O) groups is 3. The van der Waals surface area contributed by atoms with Crippen molar-refractivity contribution in [3.8, 4) is 0 Å². The van der Waals surface area contributed by atoms with Crippen LogP contribution in [0.4, 0.5) is 4.79 Å². The molecule has 26 heavy (non-hydrogen) atoms. The third kappa shape index (κ3) is 3.32. The van der Waals surface area contributed by atoms with Gasteiger partial charge in [-0.3, -0.25) is 14.5 Å². The highest BCUT2D eigenvalue weighted by molar-refractivity contribution is 6.09. The predicted molar refractivity (Wildman–Crippen MR) is 98.4 cm³/mol. The van der Waals surface area contributed by atoms with Crippen molar-refractivity contribution in [2.24, 2.45) is 5.92 Å². The van der Waals surface area contributed by atoms with Gasteiger partial charge in [-0.2, -0.15) is 0 Å². The van der Waals surface area contributed by atoms with E-state index in [-0.39, 0.29) is 24.4 Å². The van der Waals surface area contributed by atoms with Crippen molar-refractivity contribution in [3.63, 3.8) is 0 Å². The van der Waals surface area contributed by atoms with Crippen molar-refractivity contribution in [1.82, 2.24) is 15.5 Å². The number of carbonyl (C=O) groups excluding carboxylic acids is 3. The van der Waals surface area contributed by atoms with Crippen molar-refractivity contribution in [3.05, 3.63) is 35.4 Å². The summed E-state index contributed by atoms with van der Waals surface area (Å²) in [5.41, 5.74) is 0.929. The third-order valence-corrected chi connectivity index (χ3v) is 5.31. The Morgan fingerprint density at radius 2 is 1.96 bits per heavy atom. The molecule has 1 saturated heterocycles. The van der Waals surface area contributed by atoms with Crippen LogP contribution >= 0.6 is 0 Å². The summed E-state index contributed by atoms with van der Waals surface area (Å²) >= 11 is 0. The van der Waals surface area contributed by atoms with Gasteiger partial charge in [-0.15, -0.1) is 0 Å². The number of nitrogens with one attached hydrogen (secondary N) is 2. The quantitative estimate of drug-likeness (QED) is 0.767. The van der Waals surface area contributed by atoms with Crippen LogP contribution in [0.1, 0.15) is 51.2 Å². The van der Waals surface area contributed by atoms with Crippen LogP contribution in [-0.4, -0.2) is 35.3 Å². The summed E-state index contributed by atoms with van der Waals surface area (Å²) in [6.07, 6.45) is 3.18. The van der Waals surface area contributed by atoms with E-state index < -0.39 is 11.6 Å². The Balaban J connectivity index is 1.66. The van der Waals surface area contributed by atoms with Gasteiger partial charge in [0, 0.05) is 6.04 Å². The molecule has 1 aromatic rings. The fourth-order valence-corrected chi connectivity index (χ4v) is 3.85. The van der Waals surface area contributed by atoms with Gasteiger partial charge >= 0.3 is 6.03 Å². The average molecular weight is 357 g/mol. The lowest BCUT2D eigenvalue weighted by atomic mass is 9.92. The molecule has 2 atom stereocenters. The number of nitrogens with zero attached hydrogens (tertiary/aromatic N) is 1. The fraction of sp³-hybridized carbons (Fsp3) is 0.550. The van der Waals surface area contributed by atoms with E-state index in [1.807, 2.05) is 31.2 Å². The van der Waals surface area contributed by atoms with Crippen LogP contribution in [-0.2, 0) is 21.5 Å². The maximum absolute atomic E-state index is 13.0. The smallest absolute Gasteiger partial charge is 0.325 e. The monoisotopic (exact) mass is 357 g/mol. The van der Waals surface area contributed by atoms with Crippen molar-refractivity contribution in [2.75, 3.05) is 6.54 Å². The maximum Gasteiger partial charge on any atom is 0.325 e. The fourth-order valence-electron chi connectivity index (χ4n) is 3.85. The molecule has 1 spiro atoms. The molecule has 2 N–H and O–H groups in total. The zero-order valence-electron chi connectivity index (χ0n) is 15.7. The summed E-state index contributed by atoms with van der Waals surface area (Å²) in [5.74, 6) is -0.0481. The first kappa shape index (κ1) is 18.4. The van der Waals surface area contributed by atoms with Crippen LogP contribution in [0.15, 0.2) is 24.3 Å². The van der Waals surface area contributed by atoms with E-state index in [4.69, 9.17) is 0 Å². The molecule has 1 heterocycles. The molecular formula is C20H27N3O3. The lowest BCUT2D eigenvalue weighted by Gasteiger charge is -2.22. The van der Waals surface area contributed by atoms with Crippen LogP contribution < -0.4 is 10.6 Å². The molecule has 1 aromatic carbocycles. The average Bonchev–Trinajstić information content (AvgIpc) is 3.07.